The van der Waals surface area contributed by atoms with Crippen LogP contribution in [0.15, 0.2) is 0 Å². The van der Waals surface area contributed by atoms with Gasteiger partial charge in [0.05, 0.1) is 6.10 Å². The summed E-state index contributed by atoms with van der Waals surface area (Å²) in [4.78, 5) is 0. The van der Waals surface area contributed by atoms with Crippen molar-refractivity contribution in [1.29, 1.82) is 0 Å². The minimum Gasteiger partial charge on any atom is -0.371 e. The predicted molar refractivity (Wildman–Crippen MR) is 50.5 cm³/mol. The summed E-state index contributed by atoms with van der Waals surface area (Å²) in [7, 11) is 3.72. The largest absolute Gasteiger partial charge is 0.371 e. The first-order valence-corrected chi connectivity index (χ1v) is 4.32. The van der Waals surface area contributed by atoms with Crippen LogP contribution in [-0.2, 0) is 18.4 Å². The lowest BCUT2D eigenvalue weighted by Gasteiger charge is -2.06. The molecule has 0 bridgehead atoms. The minimum absolute atomic E-state index is 0.217. The Kier molecular flexibility index (Phi) is 3.25. The Morgan fingerprint density at radius 1 is 1.46 bits per heavy atom. The number of rotatable bonds is 4. The van der Waals surface area contributed by atoms with E-state index in [9.17, 15) is 0 Å². The summed E-state index contributed by atoms with van der Waals surface area (Å²) in [6, 6.07) is 0. The Balaban J connectivity index is 2.62. The highest BCUT2D eigenvalue weighted by atomic mass is 16.5. The van der Waals surface area contributed by atoms with Crippen LogP contribution in [0.2, 0.25) is 0 Å². The van der Waals surface area contributed by atoms with Crippen LogP contribution < -0.4 is 5.32 Å². The number of hydrogen-bond donors (Lipinski definition) is 1. The van der Waals surface area contributed by atoms with Crippen LogP contribution in [0.3, 0.4) is 0 Å². The van der Waals surface area contributed by atoms with Gasteiger partial charge in [0, 0.05) is 14.1 Å². The first kappa shape index (κ1) is 9.98. The van der Waals surface area contributed by atoms with E-state index in [1.165, 1.54) is 0 Å². The molecule has 0 aliphatic rings. The van der Waals surface area contributed by atoms with Gasteiger partial charge < -0.3 is 10.1 Å². The molecule has 1 aromatic rings. The molecule has 0 amide bonds. The van der Waals surface area contributed by atoms with Crippen molar-refractivity contribution in [2.24, 2.45) is 7.05 Å². The highest BCUT2D eigenvalue weighted by molar-refractivity contribution is 5.23. The van der Waals surface area contributed by atoms with E-state index in [1.54, 1.807) is 0 Å². The van der Waals surface area contributed by atoms with E-state index >= 15 is 0 Å². The lowest BCUT2D eigenvalue weighted by Crippen LogP contribution is -2.07. The Labute approximate surface area is 78.1 Å². The van der Waals surface area contributed by atoms with Gasteiger partial charge in [-0.05, 0) is 13.8 Å². The molecule has 0 aliphatic heterocycles. The average Bonchev–Trinajstić information content (AvgIpc) is 2.43. The van der Waals surface area contributed by atoms with Crippen LogP contribution in [-0.4, -0.2) is 27.9 Å². The molecule has 0 saturated carbocycles. The highest BCUT2D eigenvalue weighted by Crippen LogP contribution is 2.05. The molecule has 0 unspecified atom stereocenters. The predicted octanol–water partition coefficient (Wildman–Crippen LogP) is 0.782. The van der Waals surface area contributed by atoms with Crippen molar-refractivity contribution in [3.05, 3.63) is 5.82 Å². The summed E-state index contributed by atoms with van der Waals surface area (Å²) in [5.41, 5.74) is 0. The fourth-order valence-electron chi connectivity index (χ4n) is 0.946. The van der Waals surface area contributed by atoms with Crippen molar-refractivity contribution in [1.82, 2.24) is 14.8 Å². The van der Waals surface area contributed by atoms with Gasteiger partial charge in [-0.2, -0.15) is 0 Å². The van der Waals surface area contributed by atoms with Crippen LogP contribution in [0, 0.1) is 0 Å². The van der Waals surface area contributed by atoms with E-state index in [2.05, 4.69) is 15.5 Å². The molecular formula is C8H16N4O. The zero-order valence-corrected chi connectivity index (χ0v) is 8.53. The molecule has 0 aromatic carbocycles. The van der Waals surface area contributed by atoms with E-state index in [-0.39, 0.29) is 6.10 Å². The molecule has 13 heavy (non-hydrogen) atoms. The molecule has 0 saturated heterocycles. The van der Waals surface area contributed by atoms with Gasteiger partial charge in [-0.3, -0.25) is 4.57 Å². The van der Waals surface area contributed by atoms with E-state index in [1.807, 2.05) is 32.5 Å². The van der Waals surface area contributed by atoms with Gasteiger partial charge >= 0.3 is 0 Å². The molecule has 5 nitrogen and oxygen atoms in total. The maximum Gasteiger partial charge on any atom is 0.224 e. The second-order valence-corrected chi connectivity index (χ2v) is 3.11. The summed E-state index contributed by atoms with van der Waals surface area (Å²) in [6.07, 6.45) is 0.217. The Hall–Kier alpha value is -1.10. The maximum atomic E-state index is 5.42. The second kappa shape index (κ2) is 4.23. The molecule has 1 N–H and O–H groups in total. The fourth-order valence-corrected chi connectivity index (χ4v) is 0.946. The number of anilines is 1. The van der Waals surface area contributed by atoms with Crippen molar-refractivity contribution < 1.29 is 4.74 Å². The molecule has 1 rings (SSSR count). The maximum absolute atomic E-state index is 5.42. The fraction of sp³-hybridized carbons (Fsp3) is 0.750. The molecule has 0 aliphatic carbocycles. The SMILES string of the molecule is CNc1nnc(COC(C)C)n1C. The quantitative estimate of drug-likeness (QED) is 0.751. The van der Waals surface area contributed by atoms with Crippen LogP contribution in [0.25, 0.3) is 0 Å². The lowest BCUT2D eigenvalue weighted by molar-refractivity contribution is 0.0598. The smallest absolute Gasteiger partial charge is 0.224 e. The van der Waals surface area contributed by atoms with Gasteiger partial charge in [0.25, 0.3) is 0 Å². The standard InChI is InChI=1S/C8H16N4O/c1-6(2)13-5-7-10-11-8(9-3)12(7)4/h6H,5H2,1-4H3,(H,9,11). The van der Waals surface area contributed by atoms with Crippen molar-refractivity contribution in [2.45, 2.75) is 26.6 Å². The summed E-state index contributed by atoms with van der Waals surface area (Å²) in [5, 5.41) is 10.9. The van der Waals surface area contributed by atoms with Gasteiger partial charge in [-0.1, -0.05) is 0 Å². The van der Waals surface area contributed by atoms with Crippen molar-refractivity contribution in [3.8, 4) is 0 Å². The van der Waals surface area contributed by atoms with Gasteiger partial charge in [0.15, 0.2) is 5.82 Å². The molecule has 1 heterocycles. The summed E-state index contributed by atoms with van der Waals surface area (Å²) in [6.45, 7) is 4.49. The van der Waals surface area contributed by atoms with Crippen molar-refractivity contribution in [3.63, 3.8) is 0 Å². The van der Waals surface area contributed by atoms with Gasteiger partial charge in [-0.15, -0.1) is 10.2 Å². The Morgan fingerprint density at radius 3 is 2.62 bits per heavy atom. The lowest BCUT2D eigenvalue weighted by atomic mass is 10.5. The first-order chi connectivity index (χ1) is 6.15. The average molecular weight is 184 g/mol. The number of nitrogens with one attached hydrogen (secondary N) is 1. The molecule has 74 valence electrons. The summed E-state index contributed by atoms with van der Waals surface area (Å²) >= 11 is 0. The third-order valence-electron chi connectivity index (χ3n) is 1.73. The van der Waals surface area contributed by atoms with Gasteiger partial charge in [0.1, 0.15) is 6.61 Å². The number of hydrogen-bond acceptors (Lipinski definition) is 4. The first-order valence-electron chi connectivity index (χ1n) is 4.32. The van der Waals surface area contributed by atoms with E-state index in [0.29, 0.717) is 6.61 Å². The van der Waals surface area contributed by atoms with Gasteiger partial charge in [0.2, 0.25) is 5.95 Å². The number of aromatic nitrogens is 3. The normalized spacial score (nSPS) is 10.8. The van der Waals surface area contributed by atoms with Crippen LogP contribution in [0.1, 0.15) is 19.7 Å². The van der Waals surface area contributed by atoms with Crippen molar-refractivity contribution in [2.75, 3.05) is 12.4 Å². The Morgan fingerprint density at radius 2 is 2.15 bits per heavy atom. The second-order valence-electron chi connectivity index (χ2n) is 3.11. The van der Waals surface area contributed by atoms with Crippen molar-refractivity contribution >= 4 is 5.95 Å². The topological polar surface area (TPSA) is 52.0 Å². The zero-order chi connectivity index (χ0) is 9.84. The molecule has 0 spiro atoms. The molecule has 5 heteroatoms. The van der Waals surface area contributed by atoms with E-state index < -0.39 is 0 Å². The van der Waals surface area contributed by atoms with Crippen LogP contribution in [0.4, 0.5) is 5.95 Å². The van der Waals surface area contributed by atoms with Crippen LogP contribution in [0.5, 0.6) is 0 Å². The Bertz CT molecular complexity index is 269. The zero-order valence-electron chi connectivity index (χ0n) is 8.53. The third kappa shape index (κ3) is 2.42. The van der Waals surface area contributed by atoms with E-state index in [0.717, 1.165) is 11.8 Å². The summed E-state index contributed by atoms with van der Waals surface area (Å²) in [5.74, 6) is 1.58. The molecule has 0 radical (unpaired) electrons. The molecular weight excluding hydrogens is 168 g/mol. The minimum atomic E-state index is 0.217. The molecule has 0 fully saturated rings. The number of ether oxygens (including phenoxy) is 1. The molecule has 0 atom stereocenters. The molecule has 1 aromatic heterocycles. The number of nitrogens with zero attached hydrogens (tertiary/aromatic N) is 3. The summed E-state index contributed by atoms with van der Waals surface area (Å²) < 4.78 is 7.29. The van der Waals surface area contributed by atoms with Crippen LogP contribution >= 0.6 is 0 Å². The monoisotopic (exact) mass is 184 g/mol. The highest BCUT2D eigenvalue weighted by Gasteiger charge is 2.07. The van der Waals surface area contributed by atoms with Gasteiger partial charge in [-0.25, -0.2) is 0 Å². The third-order valence-corrected chi connectivity index (χ3v) is 1.73. The van der Waals surface area contributed by atoms with E-state index in [4.69, 9.17) is 4.74 Å².